The van der Waals surface area contributed by atoms with Crippen LogP contribution in [0.3, 0.4) is 0 Å². The summed E-state index contributed by atoms with van der Waals surface area (Å²) >= 11 is 7.30. The lowest BCUT2D eigenvalue weighted by molar-refractivity contribution is -0.333. The Kier molecular flexibility index (Phi) is 27.2. The maximum absolute atomic E-state index is 16.7. The maximum atomic E-state index is 16.7. The smallest absolute Gasteiger partial charge is 0.325 e. The molecule has 10 amide bonds. The Morgan fingerprint density at radius 2 is 1.34 bits per heavy atom. The number of hydrogen-bond acceptors (Lipinski definition) is 27. The third kappa shape index (κ3) is 19.7. The molecule has 17 rings (SSSR count). The molecule has 4 aliphatic carbocycles. The van der Waals surface area contributed by atoms with Crippen LogP contribution >= 0.6 is 11.6 Å². The molecular weight excluding hydrogens is 1650 g/mol. The van der Waals surface area contributed by atoms with E-state index in [1.54, 1.807) is 12.1 Å². The van der Waals surface area contributed by atoms with Crippen molar-refractivity contribution in [1.29, 1.82) is 0 Å². The van der Waals surface area contributed by atoms with E-state index in [0.717, 1.165) is 93.5 Å². The zero-order valence-electron chi connectivity index (χ0n) is 69.6. The number of likely N-dealkylation sites (N-methyl/N-ethyl adjacent to an activating group) is 1. The number of nitrogens with one attached hydrogen (secondary N) is 10. The van der Waals surface area contributed by atoms with Gasteiger partial charge in [0.15, 0.2) is 23.9 Å². The van der Waals surface area contributed by atoms with Crippen molar-refractivity contribution >= 4 is 70.6 Å². The summed E-state index contributed by atoms with van der Waals surface area (Å²) in [5.41, 5.74) is 3.46. The predicted molar refractivity (Wildman–Crippen MR) is 445 cm³/mol. The first-order chi connectivity index (χ1) is 59.5. The number of ether oxygens (including phenoxy) is 7. The Morgan fingerprint density at radius 3 is 1.98 bits per heavy atom. The molecule has 670 valence electrons. The van der Waals surface area contributed by atoms with E-state index in [-0.39, 0.29) is 92.8 Å². The van der Waals surface area contributed by atoms with Crippen molar-refractivity contribution in [3.63, 3.8) is 0 Å². The number of phenolic OH excluding ortho intramolecular Hbond substituents is 3. The van der Waals surface area contributed by atoms with Gasteiger partial charge >= 0.3 is 6.03 Å². The van der Waals surface area contributed by atoms with Crippen molar-refractivity contribution in [2.45, 2.75) is 221 Å². The first kappa shape index (κ1) is 90.3. The number of aryl methyl sites for hydroxylation is 1. The standard InChI is InChI=1S/C88H106ClN11O25/c1-8-9-20-119-50-15-13-48(14-16-50)92-87(118)94-63(105)34-55-80(112)96-68-47-30-60(121-58-18-11-43(22-38(58)4)72(106)70(84(116)93-55)99-79(111)54(91-7)21-37(2)3)76(125-86-77(75(109)74(108)62(36-101)123-86)124-64-35-88(6,90)78(110)39(5)120-64)61(31-47)122-59-19-12-44(29-53(59)89)73(107)71-85(117)98-69(83(115)95-66-45-24-40-23-41(26-45)27-46(66)25-40)52-32-49(102)33-57(104)65(52)51-28-42(10-17-56(51)103)67(81(113)100-71)97-82(68)114/h10-19,22,28-33,37,39-41,45-46,54-55,62,64,66-75,77-78,86,91,101-104,106-110H,8-9,20-21,23-27,34-36,90H2,1-7H3,(H,93,116)(H,95,115)(H,96,112)(H,97,114)(H,98,117)(H,99,111)(H,100,113)(H2,92,94,105,118)/t39-,40?,41?,45?,46?,54+,55-,62+,64-,66?,67+,68+,69-,70+,71-,72+,73+,74+,75-,77+,78+,86-,88-/m0/s1. The van der Waals surface area contributed by atoms with Gasteiger partial charge in [-0.1, -0.05) is 57.0 Å². The molecule has 2 saturated heterocycles. The second-order valence-electron chi connectivity index (χ2n) is 34.4. The van der Waals surface area contributed by atoms with E-state index >= 15 is 28.8 Å². The van der Waals surface area contributed by atoms with E-state index in [1.165, 1.54) is 70.3 Å². The summed E-state index contributed by atoms with van der Waals surface area (Å²) in [5.74, 6) is -12.6. The fourth-order valence-corrected chi connectivity index (χ4v) is 18.6. The maximum Gasteiger partial charge on any atom is 0.325 e. The molecule has 6 aromatic rings. The molecule has 18 atom stereocenters. The Bertz CT molecular complexity index is 5070. The number of rotatable bonds is 19. The van der Waals surface area contributed by atoms with Gasteiger partial charge in [0, 0.05) is 40.9 Å². The molecule has 15 bridgehead atoms. The quantitative estimate of drug-likeness (QED) is 0.0490. The second-order valence-corrected chi connectivity index (χ2v) is 34.8. The minimum atomic E-state index is -2.39. The summed E-state index contributed by atoms with van der Waals surface area (Å²) in [5, 5.41) is 133. The van der Waals surface area contributed by atoms with Gasteiger partial charge in [-0.3, -0.25) is 43.7 Å². The number of halogens is 1. The molecular formula is C88H106ClN11O25. The summed E-state index contributed by atoms with van der Waals surface area (Å²) in [6.07, 6.45) is -12.6. The number of aliphatic hydroxyl groups is 6. The fraction of sp³-hybridized carbons (Fsp3) is 0.489. The number of carbonyl (C=O) groups is 9. The minimum absolute atomic E-state index is 0.0584. The molecule has 0 aromatic heterocycles. The Labute approximate surface area is 723 Å². The Hall–Kier alpha value is -11.0. The summed E-state index contributed by atoms with van der Waals surface area (Å²) in [4.78, 5) is 139. The largest absolute Gasteiger partial charge is 0.508 e. The molecule has 0 spiro atoms. The van der Waals surface area contributed by atoms with Crippen molar-refractivity contribution < 1.29 is 122 Å². The first-order valence-corrected chi connectivity index (χ1v) is 42.3. The lowest BCUT2D eigenvalue weighted by Crippen LogP contribution is -2.64. The monoisotopic (exact) mass is 1750 g/mol. The number of urea groups is 1. The molecule has 36 nitrogen and oxygen atoms in total. The fourth-order valence-electron chi connectivity index (χ4n) is 18.4. The average Bonchev–Trinajstić information content (AvgIpc) is 0.757. The summed E-state index contributed by atoms with van der Waals surface area (Å²) in [6, 6.07) is 5.59. The van der Waals surface area contributed by atoms with E-state index in [2.05, 4.69) is 53.2 Å². The van der Waals surface area contributed by atoms with Crippen molar-refractivity contribution in [2.24, 2.45) is 35.3 Å². The van der Waals surface area contributed by atoms with Gasteiger partial charge in [-0.2, -0.15) is 0 Å². The number of unbranched alkanes of at least 4 members (excludes halogenated alkanes) is 1. The zero-order valence-corrected chi connectivity index (χ0v) is 70.3. The molecule has 37 heteroatoms. The highest BCUT2D eigenvalue weighted by atomic mass is 35.5. The van der Waals surface area contributed by atoms with Crippen LogP contribution in [0.2, 0.25) is 5.02 Å². The number of hydrogen-bond donors (Lipinski definition) is 20. The van der Waals surface area contributed by atoms with Crippen molar-refractivity contribution in [2.75, 3.05) is 25.6 Å². The van der Waals surface area contributed by atoms with Crippen LogP contribution in [0, 0.1) is 36.5 Å². The minimum Gasteiger partial charge on any atom is -0.508 e. The van der Waals surface area contributed by atoms with Gasteiger partial charge < -0.3 is 133 Å². The van der Waals surface area contributed by atoms with E-state index in [1.807, 2.05) is 20.8 Å². The lowest BCUT2D eigenvalue weighted by atomic mass is 9.54. The van der Waals surface area contributed by atoms with Crippen molar-refractivity contribution in [3.05, 3.63) is 142 Å². The zero-order chi connectivity index (χ0) is 89.5. The topological polar surface area (TPSA) is 547 Å². The van der Waals surface area contributed by atoms with Crippen LogP contribution in [0.25, 0.3) is 11.1 Å². The van der Waals surface area contributed by atoms with E-state index in [4.69, 9.17) is 50.5 Å². The van der Waals surface area contributed by atoms with E-state index in [0.29, 0.717) is 24.2 Å². The molecule has 21 N–H and O–H groups in total. The molecule has 125 heavy (non-hydrogen) atoms. The number of imide groups is 1. The molecule has 11 aliphatic rings. The highest BCUT2D eigenvalue weighted by molar-refractivity contribution is 6.32. The van der Waals surface area contributed by atoms with Gasteiger partial charge in [-0.15, -0.1) is 0 Å². The third-order valence-electron chi connectivity index (χ3n) is 24.7. The first-order valence-electron chi connectivity index (χ1n) is 41.9. The predicted octanol–water partition coefficient (Wildman–Crippen LogP) is 4.66. The van der Waals surface area contributed by atoms with Crippen LogP contribution in [0.5, 0.6) is 51.7 Å². The van der Waals surface area contributed by atoms with Crippen LogP contribution in [0.15, 0.2) is 103 Å². The van der Waals surface area contributed by atoms with Gasteiger partial charge in [0.2, 0.25) is 59.3 Å². The normalized spacial score (nSPS) is 30.3. The van der Waals surface area contributed by atoms with Crippen molar-refractivity contribution in [3.8, 4) is 62.9 Å². The Balaban J connectivity index is 0.955. The van der Waals surface area contributed by atoms with Gasteiger partial charge in [0.05, 0.1) is 42.9 Å². The number of benzene rings is 6. The third-order valence-corrected chi connectivity index (χ3v) is 25.0. The summed E-state index contributed by atoms with van der Waals surface area (Å²) < 4.78 is 45.1. The van der Waals surface area contributed by atoms with Gasteiger partial charge in [-0.05, 0) is 215 Å². The van der Waals surface area contributed by atoms with Gasteiger partial charge in [-0.25, -0.2) is 4.79 Å². The lowest BCUT2D eigenvalue weighted by Gasteiger charge is -2.54. The molecule has 4 saturated carbocycles. The van der Waals surface area contributed by atoms with Crippen LogP contribution in [-0.4, -0.2) is 204 Å². The highest BCUT2D eigenvalue weighted by Crippen LogP contribution is 2.55. The number of aromatic hydroxyl groups is 3. The summed E-state index contributed by atoms with van der Waals surface area (Å²) in [6.45, 7) is 9.65. The summed E-state index contributed by atoms with van der Waals surface area (Å²) in [7, 11) is 1.49. The molecule has 0 radical (unpaired) electrons. The molecule has 7 aliphatic heterocycles. The number of carbonyl (C=O) groups excluding carboxylic acids is 9. The number of nitrogens with two attached hydrogens (primary N) is 1. The van der Waals surface area contributed by atoms with Crippen LogP contribution in [0.4, 0.5) is 10.5 Å². The highest BCUT2D eigenvalue weighted by Gasteiger charge is 2.53. The van der Waals surface area contributed by atoms with Gasteiger partial charge in [0.1, 0.15) is 101 Å². The van der Waals surface area contributed by atoms with E-state index in [9.17, 15) is 60.3 Å². The van der Waals surface area contributed by atoms with Crippen molar-refractivity contribution in [1.82, 2.24) is 47.9 Å². The Morgan fingerprint density at radius 1 is 0.688 bits per heavy atom. The molecule has 7 heterocycles. The number of amides is 10. The van der Waals surface area contributed by atoms with Crippen LogP contribution < -0.4 is 77.8 Å². The number of fused-ring (bicyclic) bond motifs is 15. The SMILES string of the molecule is CCCCOc1ccc(NC(=O)NC(=O)C[C@@H]2NC(=O)[C@H](NC(=O)[C@@H](CC(C)C)NC)[C@H](O)c3ccc(c(C)c3)Oc3cc4cc(c3O[C@@H]3O[C@H](CO)[C@@H](O)[C@H](O)[C@H]3O[C@H]3C[C@](C)(N)[C@H](O)[C@H](C)O3)Oc3ccc(cc3Cl)[C@@H](O)[C@@H]3NC(=O)[C@H](NC(=O)[C@@H]4NC2=O)c2ccc(O)c(c2)-c2c(O)cc(O)cc2[C@@H](C(=O)NC2C4CC5CC(C4)CC2C5)NC3=O)cc1. The van der Waals surface area contributed by atoms with Crippen LogP contribution in [-0.2, 0) is 52.6 Å². The molecule has 6 fully saturated rings. The number of phenols is 3. The second kappa shape index (κ2) is 37.7. The van der Waals surface area contributed by atoms with Crippen LogP contribution in [0.1, 0.15) is 163 Å². The molecule has 0 unspecified atom stereocenters. The number of anilines is 1. The molecule has 6 aromatic carbocycles. The number of aliphatic hydroxyl groups excluding tert-OH is 6. The van der Waals surface area contributed by atoms with Gasteiger partial charge in [0.25, 0.3) is 0 Å². The average molecular weight is 1750 g/mol. The van der Waals surface area contributed by atoms with E-state index < -0.39 is 221 Å².